The van der Waals surface area contributed by atoms with E-state index < -0.39 is 11.7 Å². The molecule has 0 radical (unpaired) electrons. The highest BCUT2D eigenvalue weighted by Gasteiger charge is 2.17. The van der Waals surface area contributed by atoms with Gasteiger partial charge in [-0.25, -0.2) is 9.07 Å². The molecule has 0 atom stereocenters. The summed E-state index contributed by atoms with van der Waals surface area (Å²) in [5.41, 5.74) is 1.51. The van der Waals surface area contributed by atoms with Gasteiger partial charge in [0, 0.05) is 11.3 Å². The Hall–Kier alpha value is -3.94. The van der Waals surface area contributed by atoms with Gasteiger partial charge in [0.1, 0.15) is 5.82 Å². The van der Waals surface area contributed by atoms with Gasteiger partial charge in [-0.1, -0.05) is 6.07 Å². The molecule has 29 heavy (non-hydrogen) atoms. The van der Waals surface area contributed by atoms with E-state index in [9.17, 15) is 9.18 Å². The van der Waals surface area contributed by atoms with Crippen LogP contribution in [0.1, 0.15) is 17.3 Å². The van der Waals surface area contributed by atoms with Crippen molar-refractivity contribution in [1.82, 2.24) is 14.8 Å². The minimum absolute atomic E-state index is 0.238. The number of hydrogen-bond donors (Lipinski definition) is 1. The number of anilines is 1. The fraction of sp³-hybridized carbons (Fsp3) is 0.0952. The summed E-state index contributed by atoms with van der Waals surface area (Å²) in [5.74, 6) is 0.185. The van der Waals surface area contributed by atoms with Gasteiger partial charge in [-0.3, -0.25) is 4.79 Å². The van der Waals surface area contributed by atoms with E-state index in [0.29, 0.717) is 29.6 Å². The van der Waals surface area contributed by atoms with Crippen LogP contribution in [0.5, 0.6) is 6.01 Å². The first-order valence-electron chi connectivity index (χ1n) is 8.95. The lowest BCUT2D eigenvalue weighted by molar-refractivity contribution is 0.102. The Morgan fingerprint density at radius 3 is 2.69 bits per heavy atom. The maximum Gasteiger partial charge on any atom is 0.336 e. The Kier molecular flexibility index (Phi) is 5.07. The lowest BCUT2D eigenvalue weighted by Crippen LogP contribution is -2.12. The SMILES string of the molecule is CCOc1nc(-c2ccco2)n(-c2ccc(NC(=O)c3cccc(F)c3)cc2)n1. The van der Waals surface area contributed by atoms with E-state index in [1.165, 1.54) is 18.2 Å². The van der Waals surface area contributed by atoms with Gasteiger partial charge >= 0.3 is 6.01 Å². The molecule has 0 saturated heterocycles. The van der Waals surface area contributed by atoms with Crippen LogP contribution >= 0.6 is 0 Å². The zero-order valence-corrected chi connectivity index (χ0v) is 15.5. The molecule has 0 fully saturated rings. The van der Waals surface area contributed by atoms with Crippen molar-refractivity contribution in [2.45, 2.75) is 6.92 Å². The van der Waals surface area contributed by atoms with Crippen LogP contribution < -0.4 is 10.1 Å². The fourth-order valence-electron chi connectivity index (χ4n) is 2.75. The molecule has 146 valence electrons. The average Bonchev–Trinajstić information content (AvgIpc) is 3.39. The van der Waals surface area contributed by atoms with Gasteiger partial charge in [0.25, 0.3) is 5.91 Å². The average molecular weight is 392 g/mol. The molecule has 0 aliphatic heterocycles. The van der Waals surface area contributed by atoms with Crippen molar-refractivity contribution in [1.29, 1.82) is 0 Å². The summed E-state index contributed by atoms with van der Waals surface area (Å²) in [5, 5.41) is 7.11. The number of hydrogen-bond acceptors (Lipinski definition) is 5. The number of nitrogens with one attached hydrogen (secondary N) is 1. The van der Waals surface area contributed by atoms with Gasteiger partial charge < -0.3 is 14.5 Å². The predicted molar refractivity (Wildman–Crippen MR) is 105 cm³/mol. The van der Waals surface area contributed by atoms with Crippen LogP contribution in [-0.2, 0) is 0 Å². The maximum atomic E-state index is 13.3. The van der Waals surface area contributed by atoms with Gasteiger partial charge in [0.15, 0.2) is 5.76 Å². The van der Waals surface area contributed by atoms with E-state index in [2.05, 4.69) is 15.4 Å². The molecule has 0 spiro atoms. The number of amides is 1. The van der Waals surface area contributed by atoms with Gasteiger partial charge in [0.05, 0.1) is 18.6 Å². The standard InChI is InChI=1S/C21H17FN4O3/c1-2-28-21-24-19(18-7-4-12-29-18)26(25-21)17-10-8-16(9-11-17)23-20(27)14-5-3-6-15(22)13-14/h3-13H,2H2,1H3,(H,23,27). The summed E-state index contributed by atoms with van der Waals surface area (Å²) < 4.78 is 25.8. The van der Waals surface area contributed by atoms with Crippen molar-refractivity contribution in [3.05, 3.63) is 78.3 Å². The van der Waals surface area contributed by atoms with Crippen LogP contribution in [0.25, 0.3) is 17.3 Å². The molecule has 0 saturated carbocycles. The molecule has 2 aromatic heterocycles. The van der Waals surface area contributed by atoms with Crippen LogP contribution in [0.4, 0.5) is 10.1 Å². The first kappa shape index (κ1) is 18.4. The van der Waals surface area contributed by atoms with Crippen molar-refractivity contribution < 1.29 is 18.3 Å². The van der Waals surface area contributed by atoms with Crippen LogP contribution in [-0.4, -0.2) is 27.3 Å². The number of furan rings is 1. The molecule has 4 rings (SSSR count). The number of rotatable bonds is 6. The Labute approximate surface area is 165 Å². The van der Waals surface area contributed by atoms with Crippen LogP contribution in [0, 0.1) is 5.82 Å². The predicted octanol–water partition coefficient (Wildman–Crippen LogP) is 4.32. The van der Waals surface area contributed by atoms with E-state index in [4.69, 9.17) is 9.15 Å². The second-order valence-electron chi connectivity index (χ2n) is 6.05. The maximum absolute atomic E-state index is 13.3. The van der Waals surface area contributed by atoms with Gasteiger partial charge in [0.2, 0.25) is 5.82 Å². The van der Waals surface area contributed by atoms with Crippen LogP contribution in [0.3, 0.4) is 0 Å². The molecular formula is C21H17FN4O3. The third kappa shape index (κ3) is 4.01. The number of halogens is 1. The van der Waals surface area contributed by atoms with E-state index in [0.717, 1.165) is 0 Å². The zero-order chi connectivity index (χ0) is 20.2. The third-order valence-corrected chi connectivity index (χ3v) is 4.06. The van der Waals surface area contributed by atoms with E-state index >= 15 is 0 Å². The smallest absolute Gasteiger partial charge is 0.336 e. The number of carbonyl (C=O) groups excluding carboxylic acids is 1. The zero-order valence-electron chi connectivity index (χ0n) is 15.5. The number of ether oxygens (including phenoxy) is 1. The summed E-state index contributed by atoms with van der Waals surface area (Å²) in [6.07, 6.45) is 1.56. The second-order valence-corrected chi connectivity index (χ2v) is 6.05. The van der Waals surface area contributed by atoms with Crippen LogP contribution in [0.15, 0.2) is 71.3 Å². The van der Waals surface area contributed by atoms with Crippen molar-refractivity contribution in [3.8, 4) is 23.3 Å². The minimum atomic E-state index is -0.463. The molecule has 4 aromatic rings. The van der Waals surface area contributed by atoms with E-state index in [1.54, 1.807) is 53.4 Å². The summed E-state index contributed by atoms with van der Waals surface area (Å²) in [6.45, 7) is 2.29. The molecule has 1 N–H and O–H groups in total. The molecule has 0 aliphatic rings. The van der Waals surface area contributed by atoms with Crippen molar-refractivity contribution in [2.75, 3.05) is 11.9 Å². The molecule has 1 amide bonds. The molecule has 2 heterocycles. The molecule has 2 aromatic carbocycles. The van der Waals surface area contributed by atoms with Gasteiger partial charge in [-0.2, -0.15) is 4.98 Å². The molecule has 0 aliphatic carbocycles. The number of nitrogens with zero attached hydrogens (tertiary/aromatic N) is 3. The normalized spacial score (nSPS) is 10.7. The summed E-state index contributed by atoms with van der Waals surface area (Å²) in [6, 6.07) is 16.3. The Bertz CT molecular complexity index is 1120. The fourth-order valence-corrected chi connectivity index (χ4v) is 2.75. The first-order valence-corrected chi connectivity index (χ1v) is 8.95. The van der Waals surface area contributed by atoms with E-state index in [1.807, 2.05) is 6.92 Å². The molecular weight excluding hydrogens is 375 g/mol. The molecule has 8 heteroatoms. The lowest BCUT2D eigenvalue weighted by Gasteiger charge is -2.08. The number of benzene rings is 2. The monoisotopic (exact) mass is 392 g/mol. The Morgan fingerprint density at radius 2 is 2.00 bits per heavy atom. The quantitative estimate of drug-likeness (QED) is 0.529. The lowest BCUT2D eigenvalue weighted by atomic mass is 10.2. The number of carbonyl (C=O) groups is 1. The van der Waals surface area contributed by atoms with E-state index in [-0.39, 0.29) is 11.6 Å². The highest BCUT2D eigenvalue weighted by molar-refractivity contribution is 6.04. The summed E-state index contributed by atoms with van der Waals surface area (Å²) >= 11 is 0. The molecule has 0 unspecified atom stereocenters. The van der Waals surface area contributed by atoms with Gasteiger partial charge in [-0.15, -0.1) is 5.10 Å². The second kappa shape index (κ2) is 7.97. The summed E-state index contributed by atoms with van der Waals surface area (Å²) in [4.78, 5) is 16.6. The number of aromatic nitrogens is 3. The Balaban J connectivity index is 1.59. The van der Waals surface area contributed by atoms with Crippen molar-refractivity contribution in [3.63, 3.8) is 0 Å². The van der Waals surface area contributed by atoms with Crippen molar-refractivity contribution in [2.24, 2.45) is 0 Å². The highest BCUT2D eigenvalue weighted by Crippen LogP contribution is 2.25. The molecule has 0 bridgehead atoms. The Morgan fingerprint density at radius 1 is 1.17 bits per heavy atom. The minimum Gasteiger partial charge on any atom is -0.463 e. The highest BCUT2D eigenvalue weighted by atomic mass is 19.1. The topological polar surface area (TPSA) is 82.2 Å². The van der Waals surface area contributed by atoms with Crippen LogP contribution in [0.2, 0.25) is 0 Å². The largest absolute Gasteiger partial charge is 0.463 e. The summed E-state index contributed by atoms with van der Waals surface area (Å²) in [7, 11) is 0. The van der Waals surface area contributed by atoms with Crippen molar-refractivity contribution >= 4 is 11.6 Å². The van der Waals surface area contributed by atoms with Gasteiger partial charge in [-0.05, 0) is 61.5 Å². The molecule has 7 nitrogen and oxygen atoms in total. The first-order chi connectivity index (χ1) is 14.1. The third-order valence-electron chi connectivity index (χ3n) is 4.06.